The third kappa shape index (κ3) is 1.98. The highest BCUT2D eigenvalue weighted by Crippen LogP contribution is 2.27. The molecule has 0 aliphatic rings. The summed E-state index contributed by atoms with van der Waals surface area (Å²) in [5, 5.41) is 9.16. The second-order valence-electron chi connectivity index (χ2n) is 3.84. The highest BCUT2D eigenvalue weighted by molar-refractivity contribution is 5.39. The maximum Gasteiger partial charge on any atom is 0.165 e. The molecule has 0 radical (unpaired) electrons. The molecule has 0 heterocycles. The second-order valence-corrected chi connectivity index (χ2v) is 3.84. The van der Waals surface area contributed by atoms with E-state index < -0.39 is 11.4 Å². The lowest BCUT2D eigenvalue weighted by atomic mass is 9.91. The summed E-state index contributed by atoms with van der Waals surface area (Å²) in [5.41, 5.74) is 6.79. The van der Waals surface area contributed by atoms with Crippen LogP contribution in [0, 0.1) is 12.7 Å². The van der Waals surface area contributed by atoms with Crippen LogP contribution in [0.15, 0.2) is 12.1 Å². The molecule has 13 heavy (non-hydrogen) atoms. The van der Waals surface area contributed by atoms with E-state index in [4.69, 9.17) is 10.8 Å². The zero-order chi connectivity index (χ0) is 10.2. The molecule has 72 valence electrons. The smallest absolute Gasteiger partial charge is 0.165 e. The molecule has 3 N–H and O–H groups in total. The zero-order valence-electron chi connectivity index (χ0n) is 8.06. The average molecular weight is 183 g/mol. The average Bonchev–Trinajstić information content (AvgIpc) is 1.94. The maximum atomic E-state index is 12.9. The minimum atomic E-state index is -0.606. The maximum absolute atomic E-state index is 12.9. The molecule has 2 nitrogen and oxygen atoms in total. The Balaban J connectivity index is 3.32. The van der Waals surface area contributed by atoms with Crippen LogP contribution in [0.3, 0.4) is 0 Å². The van der Waals surface area contributed by atoms with Gasteiger partial charge in [-0.15, -0.1) is 0 Å². The van der Waals surface area contributed by atoms with Gasteiger partial charge in [-0.1, -0.05) is 0 Å². The number of aryl methyl sites for hydroxylation is 1. The van der Waals surface area contributed by atoms with Gasteiger partial charge in [0.15, 0.2) is 11.6 Å². The van der Waals surface area contributed by atoms with E-state index in [9.17, 15) is 4.39 Å². The summed E-state index contributed by atoms with van der Waals surface area (Å²) in [6, 6.07) is 2.67. The number of hydrogen-bond acceptors (Lipinski definition) is 2. The molecule has 0 aromatic heterocycles. The van der Waals surface area contributed by atoms with Gasteiger partial charge in [0.2, 0.25) is 0 Å². The highest BCUT2D eigenvalue weighted by atomic mass is 19.1. The van der Waals surface area contributed by atoms with E-state index in [-0.39, 0.29) is 5.75 Å². The molecule has 0 fully saturated rings. The number of phenolic OH excluding ortho intramolecular Hbond substituents is 1. The minimum Gasteiger partial charge on any atom is -0.505 e. The lowest BCUT2D eigenvalue weighted by molar-refractivity contribution is 0.427. The van der Waals surface area contributed by atoms with E-state index in [0.29, 0.717) is 0 Å². The van der Waals surface area contributed by atoms with Crippen molar-refractivity contribution >= 4 is 0 Å². The molecule has 1 rings (SSSR count). The van der Waals surface area contributed by atoms with Gasteiger partial charge in [0.05, 0.1) is 0 Å². The van der Waals surface area contributed by atoms with Crippen molar-refractivity contribution in [1.82, 2.24) is 0 Å². The predicted molar refractivity (Wildman–Crippen MR) is 50.0 cm³/mol. The molecule has 0 saturated carbocycles. The molecule has 0 aliphatic heterocycles. The van der Waals surface area contributed by atoms with Crippen molar-refractivity contribution in [3.05, 3.63) is 29.1 Å². The third-order valence-electron chi connectivity index (χ3n) is 1.99. The minimum absolute atomic E-state index is 0.348. The van der Waals surface area contributed by atoms with Gasteiger partial charge in [0.1, 0.15) is 0 Å². The standard InChI is InChI=1S/C10H14FNO/c1-6-4-8(11)9(13)5-7(6)10(2,3)12/h4-5,13H,12H2,1-3H3. The monoisotopic (exact) mass is 183 g/mol. The highest BCUT2D eigenvalue weighted by Gasteiger charge is 2.18. The number of hydrogen-bond donors (Lipinski definition) is 2. The molecule has 0 atom stereocenters. The number of benzene rings is 1. The normalized spacial score (nSPS) is 11.8. The Morgan fingerprint density at radius 1 is 1.38 bits per heavy atom. The lowest BCUT2D eigenvalue weighted by Crippen LogP contribution is -2.29. The summed E-state index contributed by atoms with van der Waals surface area (Å²) < 4.78 is 12.9. The summed E-state index contributed by atoms with van der Waals surface area (Å²) in [7, 11) is 0. The van der Waals surface area contributed by atoms with Crippen molar-refractivity contribution in [2.75, 3.05) is 0 Å². The Hall–Kier alpha value is -1.09. The molecule has 0 spiro atoms. The van der Waals surface area contributed by atoms with Crippen LogP contribution in [0.5, 0.6) is 5.75 Å². The number of halogens is 1. The van der Waals surface area contributed by atoms with Crippen LogP contribution < -0.4 is 5.73 Å². The summed E-state index contributed by atoms with van der Waals surface area (Å²) in [5.74, 6) is -0.954. The van der Waals surface area contributed by atoms with E-state index in [0.717, 1.165) is 11.1 Å². The zero-order valence-corrected chi connectivity index (χ0v) is 8.06. The number of rotatable bonds is 1. The quantitative estimate of drug-likeness (QED) is 0.699. The number of nitrogens with two attached hydrogens (primary N) is 1. The topological polar surface area (TPSA) is 46.2 Å². The van der Waals surface area contributed by atoms with Gasteiger partial charge in [-0.3, -0.25) is 0 Å². The molecule has 3 heteroatoms. The van der Waals surface area contributed by atoms with Crippen molar-refractivity contribution in [2.24, 2.45) is 5.73 Å². The molecular weight excluding hydrogens is 169 g/mol. The van der Waals surface area contributed by atoms with Gasteiger partial charge in [-0.05, 0) is 44.0 Å². The Morgan fingerprint density at radius 2 is 1.92 bits per heavy atom. The summed E-state index contributed by atoms with van der Waals surface area (Å²) in [6.45, 7) is 5.39. The summed E-state index contributed by atoms with van der Waals surface area (Å²) >= 11 is 0. The van der Waals surface area contributed by atoms with Crippen molar-refractivity contribution < 1.29 is 9.50 Å². The Kier molecular flexibility index (Phi) is 2.30. The van der Waals surface area contributed by atoms with Crippen LogP contribution in [-0.2, 0) is 5.54 Å². The van der Waals surface area contributed by atoms with Crippen LogP contribution in [0.2, 0.25) is 0 Å². The van der Waals surface area contributed by atoms with E-state index in [2.05, 4.69) is 0 Å². The molecule has 1 aromatic carbocycles. The van der Waals surface area contributed by atoms with Crippen molar-refractivity contribution in [3.63, 3.8) is 0 Å². The lowest BCUT2D eigenvalue weighted by Gasteiger charge is -2.21. The van der Waals surface area contributed by atoms with Crippen LogP contribution in [0.4, 0.5) is 4.39 Å². The van der Waals surface area contributed by atoms with Gasteiger partial charge in [-0.2, -0.15) is 0 Å². The molecule has 0 aliphatic carbocycles. The van der Waals surface area contributed by atoms with E-state index in [1.54, 1.807) is 6.92 Å². The first-order valence-electron chi connectivity index (χ1n) is 4.11. The molecule has 0 amide bonds. The van der Waals surface area contributed by atoms with E-state index >= 15 is 0 Å². The van der Waals surface area contributed by atoms with Crippen molar-refractivity contribution in [2.45, 2.75) is 26.3 Å². The molecule has 0 saturated heterocycles. The summed E-state index contributed by atoms with van der Waals surface area (Å²) in [4.78, 5) is 0. The largest absolute Gasteiger partial charge is 0.505 e. The first-order chi connectivity index (χ1) is 5.82. The Labute approximate surface area is 77.2 Å². The molecule has 1 aromatic rings. The van der Waals surface area contributed by atoms with E-state index in [1.807, 2.05) is 13.8 Å². The fourth-order valence-corrected chi connectivity index (χ4v) is 1.36. The number of phenols is 1. The van der Waals surface area contributed by atoms with Gasteiger partial charge in [0.25, 0.3) is 0 Å². The van der Waals surface area contributed by atoms with E-state index in [1.165, 1.54) is 12.1 Å². The SMILES string of the molecule is Cc1cc(F)c(O)cc1C(C)(C)N. The first kappa shape index (κ1) is 9.99. The van der Waals surface area contributed by atoms with Gasteiger partial charge in [-0.25, -0.2) is 4.39 Å². The Bertz CT molecular complexity index is 328. The van der Waals surface area contributed by atoms with Gasteiger partial charge in [0, 0.05) is 5.54 Å². The number of aromatic hydroxyl groups is 1. The van der Waals surface area contributed by atoms with Crippen LogP contribution in [-0.4, -0.2) is 5.11 Å². The first-order valence-corrected chi connectivity index (χ1v) is 4.11. The van der Waals surface area contributed by atoms with Crippen molar-refractivity contribution in [1.29, 1.82) is 0 Å². The van der Waals surface area contributed by atoms with Gasteiger partial charge >= 0.3 is 0 Å². The molecule has 0 unspecified atom stereocenters. The second kappa shape index (κ2) is 3.00. The van der Waals surface area contributed by atoms with Crippen LogP contribution in [0.25, 0.3) is 0 Å². The fourth-order valence-electron chi connectivity index (χ4n) is 1.36. The molecule has 0 bridgehead atoms. The molecular formula is C10H14FNO. The van der Waals surface area contributed by atoms with Gasteiger partial charge < -0.3 is 10.8 Å². The Morgan fingerprint density at radius 3 is 2.38 bits per heavy atom. The summed E-state index contributed by atoms with van der Waals surface area (Å²) in [6.07, 6.45) is 0. The predicted octanol–water partition coefficient (Wildman–Crippen LogP) is 2.03. The fraction of sp³-hybridized carbons (Fsp3) is 0.400. The van der Waals surface area contributed by atoms with Crippen LogP contribution >= 0.6 is 0 Å². The van der Waals surface area contributed by atoms with Crippen LogP contribution in [0.1, 0.15) is 25.0 Å². The third-order valence-corrected chi connectivity index (χ3v) is 1.99. The van der Waals surface area contributed by atoms with Crippen molar-refractivity contribution in [3.8, 4) is 5.75 Å².